The minimum Gasteiger partial charge on any atom is -0.444 e. The Kier molecular flexibility index (Phi) is 6.65. The van der Waals surface area contributed by atoms with Crippen molar-refractivity contribution < 1.29 is 27.1 Å². The molecule has 3 aromatic rings. The minimum absolute atomic E-state index is 0.0513. The molecular formula is C25H23FN2O5S. The zero-order valence-corrected chi connectivity index (χ0v) is 19.1. The molecule has 3 aromatic carbocycles. The molecule has 0 spiro atoms. The molecule has 4 rings (SSSR count). The Hall–Kier alpha value is -3.72. The number of benzene rings is 3. The van der Waals surface area contributed by atoms with Crippen molar-refractivity contribution in [2.45, 2.75) is 36.8 Å². The van der Waals surface area contributed by atoms with Crippen LogP contribution in [0.4, 0.5) is 10.1 Å². The Morgan fingerprint density at radius 2 is 1.74 bits per heavy atom. The molecule has 0 saturated heterocycles. The number of carbonyl (C=O) groups is 2. The van der Waals surface area contributed by atoms with E-state index in [2.05, 4.69) is 10.0 Å². The molecule has 0 aromatic heterocycles. The topological polar surface area (TPSA) is 102 Å². The summed E-state index contributed by atoms with van der Waals surface area (Å²) in [6.45, 7) is 1.53. The first-order chi connectivity index (χ1) is 16.2. The Bertz CT molecular complexity index is 1320. The highest BCUT2D eigenvalue weighted by Crippen LogP contribution is 2.25. The molecular weight excluding hydrogens is 459 g/mol. The second kappa shape index (κ2) is 9.64. The summed E-state index contributed by atoms with van der Waals surface area (Å²) >= 11 is 0. The normalized spacial score (nSPS) is 14.2. The van der Waals surface area contributed by atoms with Crippen molar-refractivity contribution in [3.05, 3.63) is 95.3 Å². The van der Waals surface area contributed by atoms with Crippen LogP contribution in [0.25, 0.3) is 0 Å². The standard InChI is InChI=1S/C25H23FN2O5S/c1-16-10-13-21(15-22(16)26)34(31,32)28-20-9-5-8-18(14-20)25(30)33-23(17-6-3-2-4-7-17)24(29)27-19-11-12-19/h2-10,13-15,19,23,28H,11-12H2,1H3,(H,27,29). The molecule has 1 atom stereocenters. The highest BCUT2D eigenvalue weighted by Gasteiger charge is 2.31. The SMILES string of the molecule is Cc1ccc(S(=O)(=O)Nc2cccc(C(=O)OC(C(=O)NC3CC3)c3ccccc3)c2)cc1F. The average molecular weight is 483 g/mol. The molecule has 1 fully saturated rings. The lowest BCUT2D eigenvalue weighted by Crippen LogP contribution is -2.33. The van der Waals surface area contributed by atoms with Gasteiger partial charge in [-0.2, -0.15) is 0 Å². The van der Waals surface area contributed by atoms with E-state index < -0.39 is 33.8 Å². The predicted octanol–water partition coefficient (Wildman–Crippen LogP) is 4.11. The summed E-state index contributed by atoms with van der Waals surface area (Å²) in [5.41, 5.74) is 0.985. The fourth-order valence-electron chi connectivity index (χ4n) is 3.24. The monoisotopic (exact) mass is 482 g/mol. The van der Waals surface area contributed by atoms with E-state index >= 15 is 0 Å². The van der Waals surface area contributed by atoms with E-state index in [1.54, 1.807) is 30.3 Å². The number of anilines is 1. The maximum Gasteiger partial charge on any atom is 0.339 e. The minimum atomic E-state index is -4.09. The summed E-state index contributed by atoms with van der Waals surface area (Å²) in [6.07, 6.45) is 0.618. The van der Waals surface area contributed by atoms with Crippen LogP contribution < -0.4 is 10.0 Å². The van der Waals surface area contributed by atoms with Crippen LogP contribution in [-0.2, 0) is 19.6 Å². The van der Waals surface area contributed by atoms with Gasteiger partial charge in [0.05, 0.1) is 10.5 Å². The number of esters is 1. The van der Waals surface area contributed by atoms with Crippen molar-refractivity contribution in [1.82, 2.24) is 5.32 Å². The van der Waals surface area contributed by atoms with Gasteiger partial charge in [0.25, 0.3) is 15.9 Å². The van der Waals surface area contributed by atoms with Gasteiger partial charge in [-0.25, -0.2) is 17.6 Å². The van der Waals surface area contributed by atoms with Gasteiger partial charge in [0.2, 0.25) is 6.10 Å². The zero-order valence-electron chi connectivity index (χ0n) is 18.3. The maximum absolute atomic E-state index is 13.8. The molecule has 1 amide bonds. The molecule has 34 heavy (non-hydrogen) atoms. The summed E-state index contributed by atoms with van der Waals surface area (Å²) in [5, 5.41) is 2.84. The molecule has 7 nitrogen and oxygen atoms in total. The third kappa shape index (κ3) is 5.60. The van der Waals surface area contributed by atoms with Crippen LogP contribution in [-0.4, -0.2) is 26.3 Å². The number of rotatable bonds is 8. The van der Waals surface area contributed by atoms with E-state index in [1.807, 2.05) is 0 Å². The molecule has 0 heterocycles. The fourth-order valence-corrected chi connectivity index (χ4v) is 4.31. The summed E-state index contributed by atoms with van der Waals surface area (Å²) in [6, 6.07) is 18.0. The molecule has 0 aliphatic heterocycles. The number of halogens is 1. The zero-order chi connectivity index (χ0) is 24.3. The number of amides is 1. The van der Waals surface area contributed by atoms with Crippen molar-refractivity contribution >= 4 is 27.6 Å². The van der Waals surface area contributed by atoms with Crippen LogP contribution in [0.5, 0.6) is 0 Å². The lowest BCUT2D eigenvalue weighted by Gasteiger charge is -2.18. The van der Waals surface area contributed by atoms with Crippen molar-refractivity contribution in [1.29, 1.82) is 0 Å². The third-order valence-electron chi connectivity index (χ3n) is 5.29. The highest BCUT2D eigenvalue weighted by molar-refractivity contribution is 7.92. The van der Waals surface area contributed by atoms with Crippen LogP contribution in [0, 0.1) is 12.7 Å². The molecule has 9 heteroatoms. The summed E-state index contributed by atoms with van der Waals surface area (Å²) in [4.78, 5) is 25.3. The molecule has 176 valence electrons. The van der Waals surface area contributed by atoms with Gasteiger partial charge >= 0.3 is 5.97 Å². The summed E-state index contributed by atoms with van der Waals surface area (Å²) in [7, 11) is -4.09. The molecule has 0 bridgehead atoms. The van der Waals surface area contributed by atoms with E-state index in [0.717, 1.165) is 18.9 Å². The van der Waals surface area contributed by atoms with Gasteiger partial charge in [0, 0.05) is 17.3 Å². The van der Waals surface area contributed by atoms with Crippen LogP contribution in [0.15, 0.2) is 77.7 Å². The Morgan fingerprint density at radius 1 is 1.00 bits per heavy atom. The lowest BCUT2D eigenvalue weighted by atomic mass is 10.1. The first-order valence-electron chi connectivity index (χ1n) is 10.7. The first-order valence-corrected chi connectivity index (χ1v) is 12.2. The molecule has 1 aliphatic carbocycles. The van der Waals surface area contributed by atoms with Crippen molar-refractivity contribution in [2.75, 3.05) is 4.72 Å². The second-order valence-electron chi connectivity index (χ2n) is 8.08. The fraction of sp³-hybridized carbons (Fsp3) is 0.200. The van der Waals surface area contributed by atoms with Gasteiger partial charge in [0.1, 0.15) is 5.82 Å². The van der Waals surface area contributed by atoms with Gasteiger partial charge < -0.3 is 10.1 Å². The highest BCUT2D eigenvalue weighted by atomic mass is 32.2. The number of aryl methyl sites for hydroxylation is 1. The number of nitrogens with one attached hydrogen (secondary N) is 2. The first kappa shape index (κ1) is 23.4. The molecule has 1 aliphatic rings. The van der Waals surface area contributed by atoms with Crippen molar-refractivity contribution in [3.8, 4) is 0 Å². The van der Waals surface area contributed by atoms with E-state index in [0.29, 0.717) is 11.1 Å². The number of hydrogen-bond donors (Lipinski definition) is 2. The van der Waals surface area contributed by atoms with Gasteiger partial charge in [-0.05, 0) is 55.7 Å². The second-order valence-corrected chi connectivity index (χ2v) is 9.76. The molecule has 2 N–H and O–H groups in total. The van der Waals surface area contributed by atoms with Crippen molar-refractivity contribution in [2.24, 2.45) is 0 Å². The van der Waals surface area contributed by atoms with Gasteiger partial charge in [-0.3, -0.25) is 9.52 Å². The van der Waals surface area contributed by atoms with E-state index in [9.17, 15) is 22.4 Å². The maximum atomic E-state index is 13.8. The largest absolute Gasteiger partial charge is 0.444 e. The van der Waals surface area contributed by atoms with Crippen LogP contribution in [0.3, 0.4) is 0 Å². The summed E-state index contributed by atoms with van der Waals surface area (Å²) in [5.74, 6) is -1.85. The predicted molar refractivity (Wildman–Crippen MR) is 124 cm³/mol. The van der Waals surface area contributed by atoms with Crippen LogP contribution in [0.1, 0.15) is 40.4 Å². The van der Waals surface area contributed by atoms with Crippen LogP contribution in [0.2, 0.25) is 0 Å². The lowest BCUT2D eigenvalue weighted by molar-refractivity contribution is -0.130. The van der Waals surface area contributed by atoms with Crippen molar-refractivity contribution in [3.63, 3.8) is 0 Å². The van der Waals surface area contributed by atoms with Gasteiger partial charge in [-0.15, -0.1) is 0 Å². The van der Waals surface area contributed by atoms with E-state index in [1.165, 1.54) is 43.3 Å². The number of sulfonamides is 1. The molecule has 1 unspecified atom stereocenters. The number of hydrogen-bond acceptors (Lipinski definition) is 5. The number of ether oxygens (including phenoxy) is 1. The molecule has 1 saturated carbocycles. The van der Waals surface area contributed by atoms with Gasteiger partial charge in [0.15, 0.2) is 0 Å². The molecule has 0 radical (unpaired) electrons. The van der Waals surface area contributed by atoms with Gasteiger partial charge in [-0.1, -0.05) is 42.5 Å². The Labute approximate surface area is 197 Å². The smallest absolute Gasteiger partial charge is 0.339 e. The Morgan fingerprint density at radius 3 is 2.41 bits per heavy atom. The van der Waals surface area contributed by atoms with E-state index in [-0.39, 0.29) is 22.2 Å². The number of carbonyl (C=O) groups excluding carboxylic acids is 2. The third-order valence-corrected chi connectivity index (χ3v) is 6.67. The van der Waals surface area contributed by atoms with Crippen LogP contribution >= 0.6 is 0 Å². The summed E-state index contributed by atoms with van der Waals surface area (Å²) < 4.78 is 47.0. The average Bonchev–Trinajstić information content (AvgIpc) is 3.63. The quantitative estimate of drug-likeness (QED) is 0.471. The Balaban J connectivity index is 1.53. The van der Waals surface area contributed by atoms with E-state index in [4.69, 9.17) is 4.74 Å².